The van der Waals surface area contributed by atoms with Gasteiger partial charge in [-0.1, -0.05) is 11.6 Å². The molecule has 134 valence electrons. The second kappa shape index (κ2) is 6.56. The summed E-state index contributed by atoms with van der Waals surface area (Å²) < 4.78 is 26.4. The first-order valence-electron chi connectivity index (χ1n) is 8.85. The van der Waals surface area contributed by atoms with Crippen molar-refractivity contribution >= 4 is 16.8 Å². The number of piperidine rings is 1. The minimum Gasteiger partial charge on any atom is -0.358 e. The quantitative estimate of drug-likeness (QED) is 0.707. The smallest absolute Gasteiger partial charge is 0.253 e. The van der Waals surface area contributed by atoms with E-state index in [0.717, 1.165) is 30.5 Å². The summed E-state index contributed by atoms with van der Waals surface area (Å²) in [6.45, 7) is 3.29. The molecule has 3 nitrogen and oxygen atoms in total. The number of hydrogen-bond donors (Lipinski definition) is 1. The summed E-state index contributed by atoms with van der Waals surface area (Å²) in [6, 6.07) is 11.9. The Morgan fingerprint density at radius 2 is 1.81 bits per heavy atom. The number of H-pyrrole nitrogens is 1. The molecule has 3 aromatic rings. The van der Waals surface area contributed by atoms with Gasteiger partial charge in [-0.15, -0.1) is 0 Å². The lowest BCUT2D eigenvalue weighted by Gasteiger charge is -2.31. The summed E-state index contributed by atoms with van der Waals surface area (Å²) in [5.74, 6) is -1.79. The Bertz CT molecular complexity index is 971. The maximum absolute atomic E-state index is 13.4. The number of amides is 1. The van der Waals surface area contributed by atoms with Crippen LogP contribution in [-0.4, -0.2) is 28.9 Å². The molecule has 4 rings (SSSR count). The van der Waals surface area contributed by atoms with Crippen molar-refractivity contribution in [1.82, 2.24) is 9.88 Å². The van der Waals surface area contributed by atoms with Gasteiger partial charge in [-0.2, -0.15) is 0 Å². The number of hydrogen-bond acceptors (Lipinski definition) is 1. The van der Waals surface area contributed by atoms with Crippen molar-refractivity contribution in [2.45, 2.75) is 25.7 Å². The third-order valence-corrected chi connectivity index (χ3v) is 5.19. The predicted octanol–water partition coefficient (Wildman–Crippen LogP) is 4.77. The molecule has 1 amide bonds. The van der Waals surface area contributed by atoms with Crippen molar-refractivity contribution in [2.24, 2.45) is 0 Å². The third kappa shape index (κ3) is 3.09. The van der Waals surface area contributed by atoms with E-state index in [1.807, 2.05) is 0 Å². The maximum Gasteiger partial charge on any atom is 0.253 e. The van der Waals surface area contributed by atoms with E-state index in [0.29, 0.717) is 19.0 Å². The average molecular weight is 354 g/mol. The highest BCUT2D eigenvalue weighted by Crippen LogP contribution is 2.30. The van der Waals surface area contributed by atoms with Crippen molar-refractivity contribution < 1.29 is 13.6 Å². The first kappa shape index (κ1) is 16.8. The summed E-state index contributed by atoms with van der Waals surface area (Å²) in [5.41, 5.74) is 3.76. The number of aromatic nitrogens is 1. The van der Waals surface area contributed by atoms with Crippen LogP contribution >= 0.6 is 0 Å². The van der Waals surface area contributed by atoms with Crippen molar-refractivity contribution in [3.63, 3.8) is 0 Å². The number of fused-ring (bicyclic) bond motifs is 1. The van der Waals surface area contributed by atoms with E-state index in [9.17, 15) is 13.6 Å². The Kier molecular flexibility index (Phi) is 4.23. The number of carbonyl (C=O) groups is 1. The van der Waals surface area contributed by atoms with E-state index in [4.69, 9.17) is 0 Å². The molecule has 1 aliphatic rings. The monoisotopic (exact) mass is 354 g/mol. The van der Waals surface area contributed by atoms with E-state index in [-0.39, 0.29) is 11.5 Å². The molecule has 2 aromatic carbocycles. The number of aryl methyl sites for hydroxylation is 1. The first-order chi connectivity index (χ1) is 12.5. The van der Waals surface area contributed by atoms with Crippen LogP contribution in [0.4, 0.5) is 8.78 Å². The Morgan fingerprint density at radius 3 is 2.54 bits per heavy atom. The fourth-order valence-electron chi connectivity index (χ4n) is 3.70. The Balaban J connectivity index is 1.46. The molecule has 0 unspecified atom stereocenters. The molecule has 0 radical (unpaired) electrons. The molecule has 0 spiro atoms. The van der Waals surface area contributed by atoms with E-state index >= 15 is 0 Å². The van der Waals surface area contributed by atoms with Gasteiger partial charge >= 0.3 is 0 Å². The average Bonchev–Trinajstić information content (AvgIpc) is 3.06. The summed E-state index contributed by atoms with van der Waals surface area (Å²) in [4.78, 5) is 17.7. The molecule has 0 atom stereocenters. The molecule has 2 heterocycles. The van der Waals surface area contributed by atoms with Crippen molar-refractivity contribution in [3.05, 3.63) is 70.9 Å². The number of rotatable bonds is 2. The molecule has 1 aliphatic heterocycles. The lowest BCUT2D eigenvalue weighted by molar-refractivity contribution is 0.0711. The molecule has 5 heteroatoms. The van der Waals surface area contributed by atoms with Gasteiger partial charge in [-0.3, -0.25) is 4.79 Å². The molecule has 0 aliphatic carbocycles. The zero-order valence-corrected chi connectivity index (χ0v) is 14.6. The number of benzene rings is 2. The lowest BCUT2D eigenvalue weighted by atomic mass is 9.93. The standard InChI is InChI=1S/C21H20F2N2O/c1-13-2-5-19-16(10-13)12-20(24-19)14-6-8-25(9-7-14)21(26)15-3-4-17(22)18(23)11-15/h2-5,10-12,14,24H,6-9H2,1H3. The predicted molar refractivity (Wildman–Crippen MR) is 97.3 cm³/mol. The summed E-state index contributed by atoms with van der Waals surface area (Å²) in [5, 5.41) is 1.21. The van der Waals surface area contributed by atoms with Gasteiger partial charge in [0.05, 0.1) is 0 Å². The van der Waals surface area contributed by atoms with Crippen molar-refractivity contribution in [1.29, 1.82) is 0 Å². The fourth-order valence-corrected chi connectivity index (χ4v) is 3.70. The van der Waals surface area contributed by atoms with Gasteiger partial charge in [0, 0.05) is 35.8 Å². The highest BCUT2D eigenvalue weighted by Gasteiger charge is 2.26. The van der Waals surface area contributed by atoms with Crippen molar-refractivity contribution in [3.8, 4) is 0 Å². The first-order valence-corrected chi connectivity index (χ1v) is 8.85. The number of nitrogens with one attached hydrogen (secondary N) is 1. The fraction of sp³-hybridized carbons (Fsp3) is 0.286. The van der Waals surface area contributed by atoms with E-state index in [1.165, 1.54) is 22.7 Å². The van der Waals surface area contributed by atoms with Crippen LogP contribution in [0.3, 0.4) is 0 Å². The molecular formula is C21H20F2N2O. The van der Waals surface area contributed by atoms with Crippen LogP contribution < -0.4 is 0 Å². The van der Waals surface area contributed by atoms with Crippen LogP contribution in [0.1, 0.15) is 40.4 Å². The molecule has 0 saturated carbocycles. The molecule has 26 heavy (non-hydrogen) atoms. The SMILES string of the molecule is Cc1ccc2[nH]c(C3CCN(C(=O)c4ccc(F)c(F)c4)CC3)cc2c1. The number of aromatic amines is 1. The van der Waals surface area contributed by atoms with E-state index < -0.39 is 11.6 Å². The summed E-state index contributed by atoms with van der Waals surface area (Å²) >= 11 is 0. The second-order valence-corrected chi connectivity index (χ2v) is 7.01. The summed E-state index contributed by atoms with van der Waals surface area (Å²) in [6.07, 6.45) is 1.70. The van der Waals surface area contributed by atoms with Gasteiger partial charge in [0.1, 0.15) is 0 Å². The summed E-state index contributed by atoms with van der Waals surface area (Å²) in [7, 11) is 0. The minimum atomic E-state index is -0.987. The zero-order valence-electron chi connectivity index (χ0n) is 14.6. The van der Waals surface area contributed by atoms with Crippen LogP contribution in [0.5, 0.6) is 0 Å². The molecular weight excluding hydrogens is 334 g/mol. The normalized spacial score (nSPS) is 15.6. The van der Waals surface area contributed by atoms with E-state index in [1.54, 1.807) is 4.90 Å². The number of halogens is 2. The Morgan fingerprint density at radius 1 is 1.04 bits per heavy atom. The van der Waals surface area contributed by atoms with Crippen LogP contribution in [0.25, 0.3) is 10.9 Å². The highest BCUT2D eigenvalue weighted by atomic mass is 19.2. The molecule has 1 saturated heterocycles. The van der Waals surface area contributed by atoms with Gasteiger partial charge in [-0.25, -0.2) is 8.78 Å². The van der Waals surface area contributed by atoms with Gasteiger partial charge < -0.3 is 9.88 Å². The largest absolute Gasteiger partial charge is 0.358 e. The van der Waals surface area contributed by atoms with Crippen LogP contribution in [0.15, 0.2) is 42.5 Å². The van der Waals surface area contributed by atoms with E-state index in [2.05, 4.69) is 36.2 Å². The number of carbonyl (C=O) groups excluding carboxylic acids is 1. The highest BCUT2D eigenvalue weighted by molar-refractivity contribution is 5.94. The van der Waals surface area contributed by atoms with Crippen LogP contribution in [-0.2, 0) is 0 Å². The Labute approximate surface area is 150 Å². The van der Waals surface area contributed by atoms with Gasteiger partial charge in [-0.05, 0) is 61.5 Å². The molecule has 0 bridgehead atoms. The van der Waals surface area contributed by atoms with Crippen LogP contribution in [0, 0.1) is 18.6 Å². The second-order valence-electron chi connectivity index (χ2n) is 7.01. The van der Waals surface area contributed by atoms with Crippen LogP contribution in [0.2, 0.25) is 0 Å². The minimum absolute atomic E-state index is 0.198. The Hall–Kier alpha value is -2.69. The van der Waals surface area contributed by atoms with Crippen molar-refractivity contribution in [2.75, 3.05) is 13.1 Å². The third-order valence-electron chi connectivity index (χ3n) is 5.19. The molecule has 1 N–H and O–H groups in total. The topological polar surface area (TPSA) is 36.1 Å². The molecule has 1 aromatic heterocycles. The van der Waals surface area contributed by atoms with Gasteiger partial charge in [0.25, 0.3) is 5.91 Å². The van der Waals surface area contributed by atoms with Gasteiger partial charge in [0.15, 0.2) is 11.6 Å². The van der Waals surface area contributed by atoms with Gasteiger partial charge in [0.2, 0.25) is 0 Å². The number of nitrogens with zero attached hydrogens (tertiary/aromatic N) is 1. The molecule has 1 fully saturated rings. The maximum atomic E-state index is 13.4. The zero-order chi connectivity index (χ0) is 18.3. The number of likely N-dealkylation sites (tertiary alicyclic amines) is 1. The lowest BCUT2D eigenvalue weighted by Crippen LogP contribution is -2.38.